The van der Waals surface area contributed by atoms with E-state index >= 15 is 0 Å². The summed E-state index contributed by atoms with van der Waals surface area (Å²) < 4.78 is 2.19. The maximum Gasteiger partial charge on any atom is 0.110 e. The van der Waals surface area contributed by atoms with Gasteiger partial charge in [-0.25, -0.2) is 4.98 Å². The summed E-state index contributed by atoms with van der Waals surface area (Å²) in [4.78, 5) is 4.40. The van der Waals surface area contributed by atoms with E-state index in [1.807, 2.05) is 12.4 Å². The number of nitrogens with zero attached hydrogens (tertiary/aromatic N) is 2. The summed E-state index contributed by atoms with van der Waals surface area (Å²) in [5, 5.41) is 0. The molecule has 15 heavy (non-hydrogen) atoms. The molecule has 1 heterocycles. The minimum Gasteiger partial charge on any atom is -0.335 e. The molecule has 1 aliphatic rings. The van der Waals surface area contributed by atoms with Crippen LogP contribution in [0, 0.1) is 5.92 Å². The van der Waals surface area contributed by atoms with Crippen LogP contribution in [0.4, 0.5) is 0 Å². The lowest BCUT2D eigenvalue weighted by Crippen LogP contribution is -2.40. The third-order valence-electron chi connectivity index (χ3n) is 3.54. The van der Waals surface area contributed by atoms with Crippen LogP contribution >= 0.6 is 0 Å². The van der Waals surface area contributed by atoms with Crippen LogP contribution in [-0.4, -0.2) is 15.1 Å². The van der Waals surface area contributed by atoms with Gasteiger partial charge in [0.1, 0.15) is 5.82 Å². The highest BCUT2D eigenvalue weighted by molar-refractivity contribution is 5.03. The summed E-state index contributed by atoms with van der Waals surface area (Å²) in [7, 11) is 0. The fourth-order valence-electron chi connectivity index (χ4n) is 2.70. The standard InChI is InChI=1S/C12H21N3/c1-3-15-7-6-14-11(15)9-12(13)5-4-10(2)8-12/h6-7,10H,3-5,8-9,13H2,1-2H3. The summed E-state index contributed by atoms with van der Waals surface area (Å²) in [5.74, 6) is 1.93. The van der Waals surface area contributed by atoms with Gasteiger partial charge >= 0.3 is 0 Å². The summed E-state index contributed by atoms with van der Waals surface area (Å²) in [6, 6.07) is 0. The maximum atomic E-state index is 6.41. The number of nitrogens with two attached hydrogens (primary N) is 1. The minimum atomic E-state index is -0.00229. The predicted octanol–water partition coefficient (Wildman–Crippen LogP) is 1.96. The van der Waals surface area contributed by atoms with E-state index < -0.39 is 0 Å². The molecule has 1 saturated carbocycles. The first-order chi connectivity index (χ1) is 7.13. The third-order valence-corrected chi connectivity index (χ3v) is 3.54. The molecule has 3 nitrogen and oxygen atoms in total. The van der Waals surface area contributed by atoms with Gasteiger partial charge in [-0.15, -0.1) is 0 Å². The molecule has 2 atom stereocenters. The molecule has 0 bridgehead atoms. The molecule has 2 N–H and O–H groups in total. The van der Waals surface area contributed by atoms with Crippen LogP contribution in [0.25, 0.3) is 0 Å². The molecule has 84 valence electrons. The summed E-state index contributed by atoms with van der Waals surface area (Å²) in [5.41, 5.74) is 6.41. The molecule has 3 heteroatoms. The number of aryl methyl sites for hydroxylation is 1. The van der Waals surface area contributed by atoms with Gasteiger partial charge in [0.2, 0.25) is 0 Å². The van der Waals surface area contributed by atoms with Gasteiger partial charge in [0.05, 0.1) is 0 Å². The number of rotatable bonds is 3. The van der Waals surface area contributed by atoms with Crippen molar-refractivity contribution in [1.29, 1.82) is 0 Å². The van der Waals surface area contributed by atoms with Crippen molar-refractivity contribution < 1.29 is 0 Å². The van der Waals surface area contributed by atoms with Crippen molar-refractivity contribution >= 4 is 0 Å². The van der Waals surface area contributed by atoms with E-state index in [1.54, 1.807) is 0 Å². The van der Waals surface area contributed by atoms with Gasteiger partial charge in [-0.05, 0) is 32.1 Å². The van der Waals surface area contributed by atoms with Crippen molar-refractivity contribution in [2.45, 2.75) is 51.6 Å². The van der Waals surface area contributed by atoms with E-state index in [-0.39, 0.29) is 5.54 Å². The van der Waals surface area contributed by atoms with Gasteiger partial charge in [-0.3, -0.25) is 0 Å². The van der Waals surface area contributed by atoms with Gasteiger partial charge in [0.15, 0.2) is 0 Å². The van der Waals surface area contributed by atoms with Crippen molar-refractivity contribution in [2.75, 3.05) is 0 Å². The molecule has 0 aromatic carbocycles. The van der Waals surface area contributed by atoms with Crippen LogP contribution in [0.2, 0.25) is 0 Å². The van der Waals surface area contributed by atoms with Gasteiger partial charge in [-0.2, -0.15) is 0 Å². The minimum absolute atomic E-state index is 0.00229. The second kappa shape index (κ2) is 3.97. The van der Waals surface area contributed by atoms with Crippen molar-refractivity contribution in [3.63, 3.8) is 0 Å². The fraction of sp³-hybridized carbons (Fsp3) is 0.750. The highest BCUT2D eigenvalue weighted by atomic mass is 15.1. The first-order valence-corrected chi connectivity index (χ1v) is 5.92. The van der Waals surface area contributed by atoms with Crippen LogP contribution in [0.1, 0.15) is 38.9 Å². The van der Waals surface area contributed by atoms with Crippen molar-refractivity contribution in [3.8, 4) is 0 Å². The lowest BCUT2D eigenvalue weighted by molar-refractivity contribution is 0.403. The van der Waals surface area contributed by atoms with Crippen molar-refractivity contribution in [1.82, 2.24) is 9.55 Å². The predicted molar refractivity (Wildman–Crippen MR) is 61.5 cm³/mol. The van der Waals surface area contributed by atoms with Gasteiger partial charge in [0, 0.05) is 30.9 Å². The van der Waals surface area contributed by atoms with Crippen LogP contribution in [-0.2, 0) is 13.0 Å². The second-order valence-electron chi connectivity index (χ2n) is 5.02. The highest BCUT2D eigenvalue weighted by Gasteiger charge is 2.34. The van der Waals surface area contributed by atoms with Crippen LogP contribution in [0.3, 0.4) is 0 Å². The molecule has 0 radical (unpaired) electrons. The van der Waals surface area contributed by atoms with Crippen LogP contribution in [0.5, 0.6) is 0 Å². The molecule has 1 fully saturated rings. The largest absolute Gasteiger partial charge is 0.335 e. The number of hydrogen-bond acceptors (Lipinski definition) is 2. The van der Waals surface area contributed by atoms with E-state index in [9.17, 15) is 0 Å². The molecule has 1 aliphatic carbocycles. The zero-order valence-electron chi connectivity index (χ0n) is 9.74. The SMILES string of the molecule is CCn1ccnc1CC1(N)CCC(C)C1. The first-order valence-electron chi connectivity index (χ1n) is 5.92. The molecule has 2 rings (SSSR count). The molecule has 1 aromatic heterocycles. The average Bonchev–Trinajstić information content (AvgIpc) is 2.74. The van der Waals surface area contributed by atoms with Gasteiger partial charge < -0.3 is 10.3 Å². The molecule has 2 unspecified atom stereocenters. The Bertz CT molecular complexity index is 331. The second-order valence-corrected chi connectivity index (χ2v) is 5.02. The Hall–Kier alpha value is -0.830. The van der Waals surface area contributed by atoms with Gasteiger partial charge in [-0.1, -0.05) is 6.92 Å². The lowest BCUT2D eigenvalue weighted by atomic mass is 9.93. The highest BCUT2D eigenvalue weighted by Crippen LogP contribution is 2.34. The van der Waals surface area contributed by atoms with Crippen molar-refractivity contribution in [2.24, 2.45) is 11.7 Å². The zero-order valence-corrected chi connectivity index (χ0v) is 9.74. The maximum absolute atomic E-state index is 6.41. The summed E-state index contributed by atoms with van der Waals surface area (Å²) in [6.45, 7) is 5.42. The lowest BCUT2D eigenvalue weighted by Gasteiger charge is -2.23. The first kappa shape index (κ1) is 10.7. The van der Waals surface area contributed by atoms with Crippen molar-refractivity contribution in [3.05, 3.63) is 18.2 Å². The van der Waals surface area contributed by atoms with E-state index in [2.05, 4.69) is 23.4 Å². The fourth-order valence-corrected chi connectivity index (χ4v) is 2.70. The topological polar surface area (TPSA) is 43.8 Å². The Morgan fingerprint density at radius 3 is 3.07 bits per heavy atom. The number of imidazole rings is 1. The van der Waals surface area contributed by atoms with Gasteiger partial charge in [0.25, 0.3) is 0 Å². The molecule has 1 aromatic rings. The van der Waals surface area contributed by atoms with E-state index in [4.69, 9.17) is 5.73 Å². The molecule has 0 aliphatic heterocycles. The Morgan fingerprint density at radius 2 is 2.47 bits per heavy atom. The molecule has 0 saturated heterocycles. The van der Waals surface area contributed by atoms with Crippen LogP contribution in [0.15, 0.2) is 12.4 Å². The number of aromatic nitrogens is 2. The summed E-state index contributed by atoms with van der Waals surface area (Å²) in [6.07, 6.45) is 8.40. The Labute approximate surface area is 91.7 Å². The quantitative estimate of drug-likeness (QED) is 0.823. The molecule has 0 amide bonds. The van der Waals surface area contributed by atoms with E-state index in [1.165, 1.54) is 6.42 Å². The average molecular weight is 207 g/mol. The normalized spacial score (nSPS) is 31.0. The Kier molecular flexibility index (Phi) is 2.83. The third kappa shape index (κ3) is 2.23. The summed E-state index contributed by atoms with van der Waals surface area (Å²) >= 11 is 0. The molecule has 0 spiro atoms. The van der Waals surface area contributed by atoms with E-state index in [0.717, 1.165) is 37.5 Å². The number of hydrogen-bond donors (Lipinski definition) is 1. The van der Waals surface area contributed by atoms with E-state index in [0.29, 0.717) is 0 Å². The molecular weight excluding hydrogens is 186 g/mol. The molecular formula is C12H21N3. The monoisotopic (exact) mass is 207 g/mol. The van der Waals surface area contributed by atoms with Crippen LogP contribution < -0.4 is 5.73 Å². The Balaban J connectivity index is 2.08. The zero-order chi connectivity index (χ0) is 10.9. The Morgan fingerprint density at radius 1 is 1.67 bits per heavy atom. The smallest absolute Gasteiger partial charge is 0.110 e.